The van der Waals surface area contributed by atoms with Crippen LogP contribution in [0, 0.1) is 0 Å². The Morgan fingerprint density at radius 1 is 1.19 bits per heavy atom. The van der Waals surface area contributed by atoms with Gasteiger partial charge in [-0.05, 0) is 44.0 Å². The smallest absolute Gasteiger partial charge is 0.337 e. The third-order valence-corrected chi connectivity index (χ3v) is 6.04. The molecule has 0 bridgehead atoms. The van der Waals surface area contributed by atoms with Crippen molar-refractivity contribution in [3.63, 3.8) is 0 Å². The van der Waals surface area contributed by atoms with E-state index in [9.17, 15) is 19.5 Å². The quantitative estimate of drug-likeness (QED) is 0.711. The zero-order valence-electron chi connectivity index (χ0n) is 17.1. The summed E-state index contributed by atoms with van der Waals surface area (Å²) in [5, 5.41) is 9.53. The van der Waals surface area contributed by atoms with E-state index in [1.165, 1.54) is 17.0 Å². The second-order valence-corrected chi connectivity index (χ2v) is 7.97. The molecule has 2 aliphatic rings. The summed E-state index contributed by atoms with van der Waals surface area (Å²) in [6.45, 7) is 2.37. The molecule has 1 amide bonds. The number of para-hydroxylation sites is 1. The number of aromatic carboxylic acids is 1. The number of ether oxygens (including phenoxy) is 1. The Balaban J connectivity index is 1.87. The minimum Gasteiger partial charge on any atom is -0.494 e. The van der Waals surface area contributed by atoms with Crippen molar-refractivity contribution in [2.75, 3.05) is 11.5 Å². The van der Waals surface area contributed by atoms with E-state index >= 15 is 0 Å². The third-order valence-electron chi connectivity index (χ3n) is 5.71. The maximum atomic E-state index is 13.3. The number of carbonyl (C=O) groups is 3. The molecule has 0 saturated heterocycles. The highest BCUT2D eigenvalue weighted by molar-refractivity contribution is 6.33. The number of carbonyl (C=O) groups excluding carboxylic acids is 2. The number of Topliss-reactive ketones (excluding diaryl/α,β-unsaturated/α-hetero) is 1. The molecule has 1 atom stereocenters. The first-order chi connectivity index (χ1) is 14.9. The third kappa shape index (κ3) is 3.83. The number of hydrogen-bond acceptors (Lipinski definition) is 4. The van der Waals surface area contributed by atoms with Crippen LogP contribution in [-0.2, 0) is 9.59 Å². The first kappa shape index (κ1) is 21.1. The average Bonchev–Trinajstić information content (AvgIpc) is 2.74. The maximum Gasteiger partial charge on any atom is 0.337 e. The fourth-order valence-electron chi connectivity index (χ4n) is 4.43. The van der Waals surface area contributed by atoms with Crippen LogP contribution in [0.4, 0.5) is 5.69 Å². The van der Waals surface area contributed by atoms with E-state index in [4.69, 9.17) is 16.3 Å². The van der Waals surface area contributed by atoms with Gasteiger partial charge in [-0.25, -0.2) is 4.79 Å². The van der Waals surface area contributed by atoms with Crippen molar-refractivity contribution in [3.8, 4) is 5.75 Å². The van der Waals surface area contributed by atoms with Gasteiger partial charge >= 0.3 is 5.97 Å². The molecule has 1 unspecified atom stereocenters. The minimum absolute atomic E-state index is 0.0162. The molecular formula is C24H22ClNO5. The molecule has 6 nitrogen and oxygen atoms in total. The van der Waals surface area contributed by atoms with E-state index in [0.717, 1.165) is 5.56 Å². The fourth-order valence-corrected chi connectivity index (χ4v) is 4.63. The summed E-state index contributed by atoms with van der Waals surface area (Å²) in [4.78, 5) is 39.4. The summed E-state index contributed by atoms with van der Waals surface area (Å²) < 4.78 is 5.77. The van der Waals surface area contributed by atoms with Gasteiger partial charge in [0, 0.05) is 41.3 Å². The van der Waals surface area contributed by atoms with Gasteiger partial charge in [-0.1, -0.05) is 29.8 Å². The number of carboxylic acid groups (broad SMARTS) is 1. The molecule has 0 radical (unpaired) electrons. The van der Waals surface area contributed by atoms with E-state index in [-0.39, 0.29) is 34.6 Å². The Hall–Kier alpha value is -3.12. The molecule has 31 heavy (non-hydrogen) atoms. The SMILES string of the molecule is CCOc1ccccc1C1CC(=O)N(c2ccc(Cl)c(C(=O)O)c2)C2=C1C(=O)CCC2. The van der Waals surface area contributed by atoms with Crippen LogP contribution in [0.1, 0.15) is 54.4 Å². The van der Waals surface area contributed by atoms with Gasteiger partial charge in [-0.3, -0.25) is 14.5 Å². The molecule has 0 spiro atoms. The summed E-state index contributed by atoms with van der Waals surface area (Å²) in [5.74, 6) is -1.07. The van der Waals surface area contributed by atoms with Gasteiger partial charge < -0.3 is 9.84 Å². The highest BCUT2D eigenvalue weighted by Gasteiger charge is 2.40. The lowest BCUT2D eigenvalue weighted by atomic mass is 9.77. The second-order valence-electron chi connectivity index (χ2n) is 7.56. The highest BCUT2D eigenvalue weighted by atomic mass is 35.5. The molecule has 2 aromatic rings. The second kappa shape index (κ2) is 8.55. The summed E-state index contributed by atoms with van der Waals surface area (Å²) in [7, 11) is 0. The zero-order chi connectivity index (χ0) is 22.1. The first-order valence-electron chi connectivity index (χ1n) is 10.3. The maximum absolute atomic E-state index is 13.3. The molecule has 0 aromatic heterocycles. The Morgan fingerprint density at radius 3 is 2.71 bits per heavy atom. The standard InChI is InChI=1S/C24H22ClNO5/c1-2-31-21-9-4-3-6-15(21)16-13-22(28)26(19-7-5-8-20(27)23(16)19)14-10-11-18(25)17(12-14)24(29)30/h3-4,6,9-12,16H,2,5,7-8,13H2,1H3,(H,29,30). The number of nitrogens with zero attached hydrogens (tertiary/aromatic N) is 1. The number of allylic oxidation sites excluding steroid dienone is 2. The zero-order valence-corrected chi connectivity index (χ0v) is 17.8. The predicted molar refractivity (Wildman–Crippen MR) is 117 cm³/mol. The van der Waals surface area contributed by atoms with E-state index in [1.54, 1.807) is 6.07 Å². The molecule has 0 saturated carbocycles. The summed E-state index contributed by atoms with van der Waals surface area (Å²) >= 11 is 6.01. The molecule has 1 N–H and O–H groups in total. The summed E-state index contributed by atoms with van der Waals surface area (Å²) in [6.07, 6.45) is 1.72. The lowest BCUT2D eigenvalue weighted by Crippen LogP contribution is -2.40. The molecule has 1 aliphatic carbocycles. The van der Waals surface area contributed by atoms with Crippen LogP contribution in [0.15, 0.2) is 53.7 Å². The largest absolute Gasteiger partial charge is 0.494 e. The molecule has 4 rings (SSSR count). The van der Waals surface area contributed by atoms with Gasteiger partial charge in [0.15, 0.2) is 5.78 Å². The van der Waals surface area contributed by atoms with Gasteiger partial charge in [0.1, 0.15) is 5.75 Å². The summed E-state index contributed by atoms with van der Waals surface area (Å²) in [6, 6.07) is 12.0. The van der Waals surface area contributed by atoms with E-state index in [2.05, 4.69) is 0 Å². The Kier molecular flexibility index (Phi) is 5.83. The Morgan fingerprint density at radius 2 is 1.97 bits per heavy atom. The van der Waals surface area contributed by atoms with Crippen molar-refractivity contribution in [3.05, 3.63) is 69.9 Å². The highest BCUT2D eigenvalue weighted by Crippen LogP contribution is 2.45. The first-order valence-corrected chi connectivity index (χ1v) is 10.6. The molecule has 2 aromatic carbocycles. The molecule has 7 heteroatoms. The van der Waals surface area contributed by atoms with Crippen molar-refractivity contribution in [2.45, 2.75) is 38.5 Å². The number of amides is 1. The van der Waals surface area contributed by atoms with Crippen LogP contribution >= 0.6 is 11.6 Å². The van der Waals surface area contributed by atoms with E-state index < -0.39 is 5.97 Å². The topological polar surface area (TPSA) is 83.9 Å². The number of carboxylic acids is 1. The van der Waals surface area contributed by atoms with Crippen LogP contribution < -0.4 is 9.64 Å². The van der Waals surface area contributed by atoms with Crippen molar-refractivity contribution in [1.29, 1.82) is 0 Å². The number of ketones is 1. The van der Waals surface area contributed by atoms with Crippen LogP contribution in [-0.4, -0.2) is 29.4 Å². The molecular weight excluding hydrogens is 418 g/mol. The average molecular weight is 440 g/mol. The van der Waals surface area contributed by atoms with Gasteiger partial charge in [-0.15, -0.1) is 0 Å². The molecule has 1 heterocycles. The van der Waals surface area contributed by atoms with Crippen LogP contribution in [0.25, 0.3) is 0 Å². The van der Waals surface area contributed by atoms with Crippen molar-refractivity contribution in [2.24, 2.45) is 0 Å². The summed E-state index contributed by atoms with van der Waals surface area (Å²) in [5.41, 5.74) is 2.40. The monoisotopic (exact) mass is 439 g/mol. The number of anilines is 1. The molecule has 160 valence electrons. The van der Waals surface area contributed by atoms with Crippen molar-refractivity contribution < 1.29 is 24.2 Å². The van der Waals surface area contributed by atoms with Gasteiger partial charge in [0.25, 0.3) is 0 Å². The lowest BCUT2D eigenvalue weighted by molar-refractivity contribution is -0.119. The van der Waals surface area contributed by atoms with Crippen LogP contribution in [0.2, 0.25) is 5.02 Å². The van der Waals surface area contributed by atoms with Crippen LogP contribution in [0.3, 0.4) is 0 Å². The number of halogens is 1. The minimum atomic E-state index is -1.17. The lowest BCUT2D eigenvalue weighted by Gasteiger charge is -2.38. The van der Waals surface area contributed by atoms with Crippen LogP contribution in [0.5, 0.6) is 5.75 Å². The number of rotatable bonds is 5. The molecule has 1 aliphatic heterocycles. The van der Waals surface area contributed by atoms with Gasteiger partial charge in [0.05, 0.1) is 17.2 Å². The Bertz CT molecular complexity index is 1110. The Labute approximate surface area is 185 Å². The van der Waals surface area contributed by atoms with E-state index in [0.29, 0.717) is 48.6 Å². The predicted octanol–water partition coefficient (Wildman–Crippen LogP) is 4.96. The van der Waals surface area contributed by atoms with E-state index in [1.807, 2.05) is 31.2 Å². The molecule has 0 fully saturated rings. The fraction of sp³-hybridized carbons (Fsp3) is 0.292. The van der Waals surface area contributed by atoms with Gasteiger partial charge in [-0.2, -0.15) is 0 Å². The number of benzene rings is 2. The van der Waals surface area contributed by atoms with Crippen molar-refractivity contribution >= 4 is 34.9 Å². The number of hydrogen-bond donors (Lipinski definition) is 1. The van der Waals surface area contributed by atoms with Crippen molar-refractivity contribution in [1.82, 2.24) is 0 Å². The normalized spacial score (nSPS) is 18.8. The van der Waals surface area contributed by atoms with Gasteiger partial charge in [0.2, 0.25) is 5.91 Å².